The first-order valence-corrected chi connectivity index (χ1v) is 7.00. The van der Waals surface area contributed by atoms with Gasteiger partial charge in [-0.2, -0.15) is 0 Å². The number of rotatable bonds is 5. The van der Waals surface area contributed by atoms with Crippen molar-refractivity contribution in [2.75, 3.05) is 11.1 Å². The molecule has 2 aromatic rings. The van der Waals surface area contributed by atoms with Crippen molar-refractivity contribution >= 4 is 23.4 Å². The summed E-state index contributed by atoms with van der Waals surface area (Å²) in [5.41, 5.74) is 2.51. The van der Waals surface area contributed by atoms with Gasteiger partial charge in [0.25, 0.3) is 5.56 Å². The molecule has 0 spiro atoms. The van der Waals surface area contributed by atoms with E-state index >= 15 is 0 Å². The van der Waals surface area contributed by atoms with Gasteiger partial charge in [-0.25, -0.2) is 0 Å². The minimum absolute atomic E-state index is 0.0443. The number of para-hydroxylation sites is 1. The van der Waals surface area contributed by atoms with Crippen molar-refractivity contribution in [1.82, 2.24) is 10.2 Å². The van der Waals surface area contributed by atoms with Crippen LogP contribution in [0, 0.1) is 6.92 Å². The first-order valence-electron chi connectivity index (χ1n) is 5.85. The average Bonchev–Trinajstić information content (AvgIpc) is 2.78. The molecule has 1 aromatic carbocycles. The molecule has 0 atom stereocenters. The first kappa shape index (κ1) is 13.5. The first-order chi connectivity index (χ1) is 9.15. The fraction of sp³-hybridized carbons (Fsp3) is 0.231. The van der Waals surface area contributed by atoms with Crippen molar-refractivity contribution in [3.63, 3.8) is 0 Å². The standard InChI is InChI=1S/C13H15N3O2S/c1-9-4-2-3-5-11(9)14-13(18)8-19-7-10-6-12(17)16-15-10/h2-6H,7-8H2,1H3,(H,14,18)(H2,15,16,17). The highest BCUT2D eigenvalue weighted by atomic mass is 32.2. The molecule has 100 valence electrons. The van der Waals surface area contributed by atoms with E-state index in [-0.39, 0.29) is 11.5 Å². The Balaban J connectivity index is 1.79. The second-order valence-electron chi connectivity index (χ2n) is 4.14. The Morgan fingerprint density at radius 3 is 2.79 bits per heavy atom. The zero-order valence-electron chi connectivity index (χ0n) is 10.5. The molecule has 19 heavy (non-hydrogen) atoms. The predicted octanol–water partition coefficient (Wildman–Crippen LogP) is 1.88. The third kappa shape index (κ3) is 4.03. The lowest BCUT2D eigenvalue weighted by Gasteiger charge is -2.07. The van der Waals surface area contributed by atoms with Crippen molar-refractivity contribution in [2.45, 2.75) is 12.7 Å². The Labute approximate surface area is 114 Å². The van der Waals surface area contributed by atoms with Gasteiger partial charge in [0.15, 0.2) is 0 Å². The van der Waals surface area contributed by atoms with E-state index in [1.165, 1.54) is 17.8 Å². The van der Waals surface area contributed by atoms with Gasteiger partial charge >= 0.3 is 0 Å². The lowest BCUT2D eigenvalue weighted by Crippen LogP contribution is -2.14. The molecule has 0 saturated heterocycles. The van der Waals surface area contributed by atoms with Crippen LogP contribution in [0.2, 0.25) is 0 Å². The van der Waals surface area contributed by atoms with Crippen LogP contribution in [0.1, 0.15) is 11.3 Å². The molecule has 0 aliphatic heterocycles. The Bertz CT molecular complexity index is 618. The van der Waals surface area contributed by atoms with E-state index in [0.717, 1.165) is 16.9 Å². The minimum Gasteiger partial charge on any atom is -0.325 e. The molecule has 3 N–H and O–H groups in total. The zero-order chi connectivity index (χ0) is 13.7. The number of aromatic nitrogens is 2. The van der Waals surface area contributed by atoms with Gasteiger partial charge in [-0.05, 0) is 18.6 Å². The molecule has 5 nitrogen and oxygen atoms in total. The van der Waals surface area contributed by atoms with Crippen LogP contribution in [0.5, 0.6) is 0 Å². The number of anilines is 1. The fourth-order valence-electron chi connectivity index (χ4n) is 1.60. The van der Waals surface area contributed by atoms with E-state index in [2.05, 4.69) is 15.5 Å². The lowest BCUT2D eigenvalue weighted by molar-refractivity contribution is -0.113. The van der Waals surface area contributed by atoms with E-state index in [4.69, 9.17) is 0 Å². The summed E-state index contributed by atoms with van der Waals surface area (Å²) < 4.78 is 0. The van der Waals surface area contributed by atoms with Crippen molar-refractivity contribution in [2.24, 2.45) is 0 Å². The molecule has 0 aliphatic carbocycles. The van der Waals surface area contributed by atoms with Gasteiger partial charge in [0, 0.05) is 23.2 Å². The highest BCUT2D eigenvalue weighted by Crippen LogP contribution is 2.14. The van der Waals surface area contributed by atoms with Gasteiger partial charge in [0.2, 0.25) is 5.91 Å². The van der Waals surface area contributed by atoms with E-state index in [0.29, 0.717) is 11.5 Å². The number of thioether (sulfide) groups is 1. The Kier molecular flexibility index (Phi) is 4.46. The normalized spacial score (nSPS) is 10.4. The molecule has 1 amide bonds. The van der Waals surface area contributed by atoms with E-state index in [1.807, 2.05) is 31.2 Å². The maximum absolute atomic E-state index is 11.7. The Hall–Kier alpha value is -1.95. The van der Waals surface area contributed by atoms with Gasteiger partial charge in [-0.15, -0.1) is 11.8 Å². The molecular weight excluding hydrogens is 262 g/mol. The molecule has 0 radical (unpaired) electrons. The molecule has 6 heteroatoms. The van der Waals surface area contributed by atoms with Crippen LogP contribution in [0.3, 0.4) is 0 Å². The van der Waals surface area contributed by atoms with Gasteiger partial charge in [-0.1, -0.05) is 18.2 Å². The lowest BCUT2D eigenvalue weighted by atomic mass is 10.2. The van der Waals surface area contributed by atoms with Crippen LogP contribution in [0.15, 0.2) is 35.1 Å². The van der Waals surface area contributed by atoms with Crippen LogP contribution in [-0.2, 0) is 10.5 Å². The van der Waals surface area contributed by atoms with Crippen LogP contribution < -0.4 is 10.9 Å². The van der Waals surface area contributed by atoms with Gasteiger partial charge in [-0.3, -0.25) is 14.7 Å². The molecule has 0 unspecified atom stereocenters. The number of hydrogen-bond acceptors (Lipinski definition) is 3. The molecule has 1 heterocycles. The SMILES string of the molecule is Cc1ccccc1NC(=O)CSCc1cc(=O)[nH][nH]1. The number of carbonyl (C=O) groups excluding carboxylic acids is 1. The molecule has 0 bridgehead atoms. The maximum Gasteiger partial charge on any atom is 0.264 e. The summed E-state index contributed by atoms with van der Waals surface area (Å²) >= 11 is 1.45. The third-order valence-corrected chi connectivity index (χ3v) is 3.54. The van der Waals surface area contributed by atoms with Crippen LogP contribution >= 0.6 is 11.8 Å². The van der Waals surface area contributed by atoms with E-state index < -0.39 is 0 Å². The Morgan fingerprint density at radius 1 is 1.32 bits per heavy atom. The topological polar surface area (TPSA) is 77.8 Å². The smallest absolute Gasteiger partial charge is 0.264 e. The van der Waals surface area contributed by atoms with Crippen molar-refractivity contribution in [3.05, 3.63) is 51.9 Å². The van der Waals surface area contributed by atoms with Gasteiger partial charge in [0.05, 0.1) is 5.75 Å². The summed E-state index contributed by atoms with van der Waals surface area (Å²) in [7, 11) is 0. The number of hydrogen-bond donors (Lipinski definition) is 3. The number of carbonyl (C=O) groups is 1. The monoisotopic (exact) mass is 277 g/mol. The average molecular weight is 277 g/mol. The van der Waals surface area contributed by atoms with E-state index in [9.17, 15) is 9.59 Å². The summed E-state index contributed by atoms with van der Waals surface area (Å²) in [4.78, 5) is 22.6. The largest absolute Gasteiger partial charge is 0.325 e. The summed E-state index contributed by atoms with van der Waals surface area (Å²) in [6, 6.07) is 9.14. The summed E-state index contributed by atoms with van der Waals surface area (Å²) in [5.74, 6) is 0.902. The molecule has 1 aromatic heterocycles. The van der Waals surface area contributed by atoms with Crippen molar-refractivity contribution < 1.29 is 4.79 Å². The van der Waals surface area contributed by atoms with E-state index in [1.54, 1.807) is 0 Å². The molecule has 0 aliphatic rings. The van der Waals surface area contributed by atoms with Crippen LogP contribution in [0.25, 0.3) is 0 Å². The minimum atomic E-state index is -0.153. The van der Waals surface area contributed by atoms with Crippen LogP contribution in [-0.4, -0.2) is 21.9 Å². The van der Waals surface area contributed by atoms with Gasteiger partial charge in [0.1, 0.15) is 0 Å². The highest BCUT2D eigenvalue weighted by Gasteiger charge is 2.05. The Morgan fingerprint density at radius 2 is 2.11 bits per heavy atom. The van der Waals surface area contributed by atoms with Crippen LogP contribution in [0.4, 0.5) is 5.69 Å². The molecular formula is C13H15N3O2S. The number of nitrogens with one attached hydrogen (secondary N) is 3. The third-order valence-electron chi connectivity index (χ3n) is 2.56. The quantitative estimate of drug-likeness (QED) is 0.781. The summed E-state index contributed by atoms with van der Waals surface area (Å²) in [5, 5.41) is 8.07. The fourth-order valence-corrected chi connectivity index (χ4v) is 2.34. The van der Waals surface area contributed by atoms with Gasteiger partial charge < -0.3 is 10.4 Å². The summed E-state index contributed by atoms with van der Waals surface area (Å²) in [6.45, 7) is 1.95. The number of amides is 1. The molecule has 2 rings (SSSR count). The number of aryl methyl sites for hydroxylation is 1. The maximum atomic E-state index is 11.7. The zero-order valence-corrected chi connectivity index (χ0v) is 11.3. The number of benzene rings is 1. The number of H-pyrrole nitrogens is 2. The highest BCUT2D eigenvalue weighted by molar-refractivity contribution is 7.99. The molecule has 0 saturated carbocycles. The molecule has 0 fully saturated rings. The summed E-state index contributed by atoms with van der Waals surface area (Å²) in [6.07, 6.45) is 0. The van der Waals surface area contributed by atoms with Crippen molar-refractivity contribution in [3.8, 4) is 0 Å². The predicted molar refractivity (Wildman–Crippen MR) is 77.4 cm³/mol. The number of aromatic amines is 2. The second kappa shape index (κ2) is 6.29. The van der Waals surface area contributed by atoms with Crippen molar-refractivity contribution in [1.29, 1.82) is 0 Å². The second-order valence-corrected chi connectivity index (χ2v) is 5.13.